The van der Waals surface area contributed by atoms with Gasteiger partial charge < -0.3 is 10.6 Å². The van der Waals surface area contributed by atoms with Crippen molar-refractivity contribution in [1.82, 2.24) is 5.32 Å². The van der Waals surface area contributed by atoms with E-state index in [0.717, 1.165) is 23.5 Å². The van der Waals surface area contributed by atoms with Gasteiger partial charge in [-0.2, -0.15) is 11.8 Å². The Morgan fingerprint density at radius 3 is 2.52 bits per heavy atom. The molecule has 0 fully saturated rings. The van der Waals surface area contributed by atoms with Gasteiger partial charge in [-0.05, 0) is 36.0 Å². The van der Waals surface area contributed by atoms with Crippen LogP contribution in [-0.2, 0) is 5.75 Å². The Labute approximate surface area is 134 Å². The smallest absolute Gasteiger partial charge is 0.170 e. The Bertz CT molecular complexity index is 575. The average Bonchev–Trinajstić information content (AvgIpc) is 2.50. The van der Waals surface area contributed by atoms with E-state index in [1.807, 2.05) is 42.5 Å². The minimum Gasteiger partial charge on any atom is -0.362 e. The predicted octanol–water partition coefficient (Wildman–Crippen LogP) is 4.05. The highest BCUT2D eigenvalue weighted by atomic mass is 32.2. The first-order valence-corrected chi connectivity index (χ1v) is 8.23. The van der Waals surface area contributed by atoms with E-state index < -0.39 is 0 Å². The third-order valence-electron chi connectivity index (χ3n) is 2.78. The second-order valence-corrected chi connectivity index (χ2v) is 5.90. The summed E-state index contributed by atoms with van der Waals surface area (Å²) in [6, 6.07) is 16.7. The molecule has 0 spiro atoms. The van der Waals surface area contributed by atoms with E-state index in [0.29, 0.717) is 10.9 Å². The van der Waals surface area contributed by atoms with E-state index in [1.165, 1.54) is 6.07 Å². The lowest BCUT2D eigenvalue weighted by atomic mass is 10.2. The quantitative estimate of drug-likeness (QED) is 0.619. The van der Waals surface area contributed by atoms with Gasteiger partial charge in [-0.1, -0.05) is 36.4 Å². The van der Waals surface area contributed by atoms with Crippen molar-refractivity contribution >= 4 is 34.8 Å². The molecule has 0 atom stereocenters. The van der Waals surface area contributed by atoms with Gasteiger partial charge in [0.05, 0.1) is 0 Å². The van der Waals surface area contributed by atoms with E-state index in [1.54, 1.807) is 17.8 Å². The second kappa shape index (κ2) is 8.64. The second-order valence-electron chi connectivity index (χ2n) is 4.39. The lowest BCUT2D eigenvalue weighted by Crippen LogP contribution is -2.30. The van der Waals surface area contributed by atoms with Gasteiger partial charge in [-0.3, -0.25) is 0 Å². The van der Waals surface area contributed by atoms with Crippen LogP contribution in [0, 0.1) is 5.82 Å². The summed E-state index contributed by atoms with van der Waals surface area (Å²) in [4.78, 5) is 0. The first-order valence-electron chi connectivity index (χ1n) is 6.67. The number of thioether (sulfide) groups is 1. The van der Waals surface area contributed by atoms with Gasteiger partial charge >= 0.3 is 0 Å². The first kappa shape index (κ1) is 15.8. The molecular weight excluding hydrogens is 303 g/mol. The van der Waals surface area contributed by atoms with E-state index in [2.05, 4.69) is 10.6 Å². The zero-order chi connectivity index (χ0) is 14.9. The van der Waals surface area contributed by atoms with Gasteiger partial charge in [0.1, 0.15) is 5.82 Å². The maximum absolute atomic E-state index is 13.4. The van der Waals surface area contributed by atoms with E-state index in [4.69, 9.17) is 12.2 Å². The van der Waals surface area contributed by atoms with E-state index in [-0.39, 0.29) is 5.82 Å². The largest absolute Gasteiger partial charge is 0.362 e. The molecule has 2 rings (SSSR count). The molecule has 0 saturated carbocycles. The van der Waals surface area contributed by atoms with Crippen LogP contribution in [-0.4, -0.2) is 17.4 Å². The van der Waals surface area contributed by atoms with Crippen molar-refractivity contribution in [1.29, 1.82) is 0 Å². The zero-order valence-electron chi connectivity index (χ0n) is 11.5. The summed E-state index contributed by atoms with van der Waals surface area (Å²) >= 11 is 6.89. The lowest BCUT2D eigenvalue weighted by molar-refractivity contribution is 0.617. The van der Waals surface area contributed by atoms with Crippen molar-refractivity contribution < 1.29 is 4.39 Å². The molecule has 2 N–H and O–H groups in total. The van der Waals surface area contributed by atoms with Crippen LogP contribution < -0.4 is 10.6 Å². The molecule has 21 heavy (non-hydrogen) atoms. The fourth-order valence-corrected chi connectivity index (χ4v) is 2.80. The molecule has 0 radical (unpaired) electrons. The molecule has 2 aromatic rings. The highest BCUT2D eigenvalue weighted by molar-refractivity contribution is 7.98. The summed E-state index contributed by atoms with van der Waals surface area (Å²) in [5.74, 6) is 1.40. The summed E-state index contributed by atoms with van der Waals surface area (Å²) in [7, 11) is 0. The van der Waals surface area contributed by atoms with Gasteiger partial charge in [0.25, 0.3) is 0 Å². The third-order valence-corrected chi connectivity index (χ3v) is 4.03. The van der Waals surface area contributed by atoms with Crippen molar-refractivity contribution in [2.24, 2.45) is 0 Å². The van der Waals surface area contributed by atoms with Crippen LogP contribution >= 0.6 is 24.0 Å². The number of thiocarbonyl (C=S) groups is 1. The lowest BCUT2D eigenvalue weighted by Gasteiger charge is -2.10. The summed E-state index contributed by atoms with van der Waals surface area (Å²) < 4.78 is 13.4. The highest BCUT2D eigenvalue weighted by Crippen LogP contribution is 2.14. The van der Waals surface area contributed by atoms with Crippen LogP contribution in [0.4, 0.5) is 10.1 Å². The monoisotopic (exact) mass is 320 g/mol. The van der Waals surface area contributed by atoms with E-state index >= 15 is 0 Å². The number of rotatable bonds is 6. The molecule has 0 bridgehead atoms. The first-order chi connectivity index (χ1) is 10.3. The summed E-state index contributed by atoms with van der Waals surface area (Å²) in [5.41, 5.74) is 1.71. The highest BCUT2D eigenvalue weighted by Gasteiger charge is 2.01. The number of hydrogen-bond acceptors (Lipinski definition) is 2. The Kier molecular flexibility index (Phi) is 6.50. The molecule has 110 valence electrons. The molecule has 0 amide bonds. The average molecular weight is 320 g/mol. The van der Waals surface area contributed by atoms with Gasteiger partial charge in [-0.15, -0.1) is 0 Å². The van der Waals surface area contributed by atoms with Crippen LogP contribution in [0.5, 0.6) is 0 Å². The minimum atomic E-state index is -0.140. The van der Waals surface area contributed by atoms with Crippen molar-refractivity contribution in [3.63, 3.8) is 0 Å². The van der Waals surface area contributed by atoms with Gasteiger partial charge in [0, 0.05) is 23.7 Å². The van der Waals surface area contributed by atoms with Crippen LogP contribution in [0.3, 0.4) is 0 Å². The Morgan fingerprint density at radius 1 is 1.05 bits per heavy atom. The number of para-hydroxylation sites is 1. The standard InChI is InChI=1S/C16H17FN2S2/c17-15-9-5-4-6-13(15)12-21-11-10-18-16(20)19-14-7-2-1-3-8-14/h1-9H,10-12H2,(H2,18,19,20). The Hall–Kier alpha value is -1.59. The fraction of sp³-hybridized carbons (Fsp3) is 0.188. The molecule has 0 aliphatic heterocycles. The molecule has 0 unspecified atom stereocenters. The summed E-state index contributed by atoms with van der Waals surface area (Å²) in [5, 5.41) is 6.85. The van der Waals surface area contributed by atoms with Crippen molar-refractivity contribution in [3.8, 4) is 0 Å². The predicted molar refractivity (Wildman–Crippen MR) is 93.2 cm³/mol. The maximum atomic E-state index is 13.4. The molecular formula is C16H17FN2S2. The molecule has 0 aliphatic rings. The molecule has 2 nitrogen and oxygen atoms in total. The number of halogens is 1. The maximum Gasteiger partial charge on any atom is 0.170 e. The Balaban J connectivity index is 1.62. The normalized spacial score (nSPS) is 10.1. The van der Waals surface area contributed by atoms with Crippen molar-refractivity contribution in [2.75, 3.05) is 17.6 Å². The molecule has 5 heteroatoms. The Morgan fingerprint density at radius 2 is 1.76 bits per heavy atom. The molecule has 0 saturated heterocycles. The molecule has 0 heterocycles. The van der Waals surface area contributed by atoms with Crippen LogP contribution in [0.25, 0.3) is 0 Å². The minimum absolute atomic E-state index is 0.140. The van der Waals surface area contributed by atoms with Crippen LogP contribution in [0.2, 0.25) is 0 Å². The molecule has 0 aromatic heterocycles. The van der Waals surface area contributed by atoms with Crippen molar-refractivity contribution in [3.05, 3.63) is 66.0 Å². The summed E-state index contributed by atoms with van der Waals surface area (Å²) in [6.45, 7) is 0.748. The SMILES string of the molecule is Fc1ccccc1CSCCNC(=S)Nc1ccccc1. The summed E-state index contributed by atoms with van der Waals surface area (Å²) in [6.07, 6.45) is 0. The zero-order valence-corrected chi connectivity index (χ0v) is 13.1. The third kappa shape index (κ3) is 5.73. The van der Waals surface area contributed by atoms with Crippen LogP contribution in [0.1, 0.15) is 5.56 Å². The molecule has 2 aromatic carbocycles. The molecule has 0 aliphatic carbocycles. The van der Waals surface area contributed by atoms with Gasteiger partial charge in [0.2, 0.25) is 0 Å². The fourth-order valence-electron chi connectivity index (χ4n) is 1.73. The van der Waals surface area contributed by atoms with Gasteiger partial charge in [0.15, 0.2) is 5.11 Å². The topological polar surface area (TPSA) is 24.1 Å². The van der Waals surface area contributed by atoms with Crippen molar-refractivity contribution in [2.45, 2.75) is 5.75 Å². The van der Waals surface area contributed by atoms with Crippen LogP contribution in [0.15, 0.2) is 54.6 Å². The van der Waals surface area contributed by atoms with E-state index in [9.17, 15) is 4.39 Å². The van der Waals surface area contributed by atoms with Gasteiger partial charge in [-0.25, -0.2) is 4.39 Å². The number of anilines is 1. The number of nitrogens with one attached hydrogen (secondary N) is 2. The number of benzene rings is 2. The number of hydrogen-bond donors (Lipinski definition) is 2.